The maximum Gasteiger partial charge on any atom is 0.319 e. The summed E-state index contributed by atoms with van der Waals surface area (Å²) in [6, 6.07) is 13.6. The van der Waals surface area contributed by atoms with Gasteiger partial charge in [0.15, 0.2) is 5.82 Å². The van der Waals surface area contributed by atoms with E-state index >= 15 is 0 Å². The largest absolute Gasteiger partial charge is 0.497 e. The summed E-state index contributed by atoms with van der Waals surface area (Å²) in [5.41, 5.74) is 1.61. The first-order chi connectivity index (χ1) is 14.1. The number of urea groups is 1. The highest BCUT2D eigenvalue weighted by Gasteiger charge is 2.20. The summed E-state index contributed by atoms with van der Waals surface area (Å²) in [6.07, 6.45) is 0.852. The maximum absolute atomic E-state index is 12.5. The van der Waals surface area contributed by atoms with Crippen molar-refractivity contribution in [2.45, 2.75) is 18.9 Å². The van der Waals surface area contributed by atoms with Crippen molar-refractivity contribution in [1.82, 2.24) is 20.5 Å². The topological polar surface area (TPSA) is 112 Å². The van der Waals surface area contributed by atoms with E-state index in [4.69, 9.17) is 21.4 Å². The molecule has 152 valence electrons. The molecule has 9 heteroatoms. The van der Waals surface area contributed by atoms with Gasteiger partial charge in [-0.1, -0.05) is 23.7 Å². The molecule has 0 aliphatic heterocycles. The minimum absolute atomic E-state index is 0.0394. The number of amides is 2. The molecule has 2 aromatic carbocycles. The Labute approximate surface area is 173 Å². The number of aliphatic hydroxyl groups is 1. The molecule has 0 radical (unpaired) electrons. The van der Waals surface area contributed by atoms with Crippen molar-refractivity contribution in [3.63, 3.8) is 0 Å². The summed E-state index contributed by atoms with van der Waals surface area (Å²) in [5.74, 6) is 1.82. The number of nitrogens with one attached hydrogen (secondary N) is 3. The highest BCUT2D eigenvalue weighted by molar-refractivity contribution is 6.30. The molecule has 1 atom stereocenters. The third kappa shape index (κ3) is 5.94. The molecular formula is C20H22ClN5O3. The van der Waals surface area contributed by atoms with Crippen LogP contribution >= 0.6 is 11.6 Å². The van der Waals surface area contributed by atoms with E-state index in [0.717, 1.165) is 11.3 Å². The first-order valence-corrected chi connectivity index (χ1v) is 9.43. The Hall–Kier alpha value is -3.10. The average Bonchev–Trinajstić information content (AvgIpc) is 3.19. The summed E-state index contributed by atoms with van der Waals surface area (Å²) < 4.78 is 5.19. The van der Waals surface area contributed by atoms with Crippen molar-refractivity contribution in [2.75, 3.05) is 19.0 Å². The number of ether oxygens (including phenoxy) is 1. The molecule has 0 saturated carbocycles. The number of aliphatic hydroxyl groups excluding tert-OH is 1. The third-order valence-electron chi connectivity index (χ3n) is 4.24. The number of carbonyl (C=O) groups excluding carboxylic acids is 1. The fraction of sp³-hybridized carbons (Fsp3) is 0.250. The van der Waals surface area contributed by atoms with Gasteiger partial charge in [0.05, 0.1) is 19.8 Å². The molecule has 0 bridgehead atoms. The van der Waals surface area contributed by atoms with Crippen molar-refractivity contribution in [1.29, 1.82) is 0 Å². The first-order valence-electron chi connectivity index (χ1n) is 9.05. The number of H-pyrrole nitrogens is 1. The van der Waals surface area contributed by atoms with Gasteiger partial charge in [-0.3, -0.25) is 0 Å². The van der Waals surface area contributed by atoms with E-state index in [2.05, 4.69) is 25.8 Å². The van der Waals surface area contributed by atoms with Crippen LogP contribution in [0.3, 0.4) is 0 Å². The quantitative estimate of drug-likeness (QED) is 0.451. The van der Waals surface area contributed by atoms with Gasteiger partial charge in [0, 0.05) is 23.6 Å². The smallest absolute Gasteiger partial charge is 0.319 e. The predicted octanol–water partition coefficient (Wildman–Crippen LogP) is 3.11. The van der Waals surface area contributed by atoms with E-state index < -0.39 is 6.04 Å². The number of nitrogens with zero attached hydrogens (tertiary/aromatic N) is 2. The van der Waals surface area contributed by atoms with Crippen LogP contribution in [0.5, 0.6) is 5.75 Å². The van der Waals surface area contributed by atoms with Crippen LogP contribution in [0.4, 0.5) is 10.5 Å². The Morgan fingerprint density at radius 2 is 1.90 bits per heavy atom. The Kier molecular flexibility index (Phi) is 7.04. The minimum Gasteiger partial charge on any atom is -0.497 e. The normalized spacial score (nSPS) is 11.7. The number of carbonyl (C=O) groups is 1. The second kappa shape index (κ2) is 9.90. The second-order valence-electron chi connectivity index (χ2n) is 6.34. The van der Waals surface area contributed by atoms with Crippen molar-refractivity contribution in [3.8, 4) is 5.75 Å². The number of anilines is 1. The van der Waals surface area contributed by atoms with Gasteiger partial charge < -0.3 is 25.5 Å². The molecule has 2 amide bonds. The van der Waals surface area contributed by atoms with Crippen LogP contribution in [0.15, 0.2) is 48.5 Å². The Morgan fingerprint density at radius 1 is 1.17 bits per heavy atom. The van der Waals surface area contributed by atoms with Gasteiger partial charge in [-0.15, -0.1) is 10.2 Å². The molecule has 1 heterocycles. The van der Waals surface area contributed by atoms with Gasteiger partial charge in [0.25, 0.3) is 0 Å². The molecule has 0 aliphatic rings. The summed E-state index contributed by atoms with van der Waals surface area (Å²) in [6.45, 7) is -0.0394. The van der Waals surface area contributed by atoms with E-state index in [9.17, 15) is 4.79 Å². The van der Waals surface area contributed by atoms with Gasteiger partial charge in [-0.05, 0) is 42.0 Å². The van der Waals surface area contributed by atoms with Crippen molar-refractivity contribution < 1.29 is 14.6 Å². The number of halogens is 1. The second-order valence-corrected chi connectivity index (χ2v) is 6.78. The molecule has 0 spiro atoms. The highest BCUT2D eigenvalue weighted by Crippen LogP contribution is 2.19. The zero-order valence-electron chi connectivity index (χ0n) is 15.9. The lowest BCUT2D eigenvalue weighted by Crippen LogP contribution is -2.34. The van der Waals surface area contributed by atoms with Crippen LogP contribution in [-0.2, 0) is 12.8 Å². The molecule has 1 aromatic heterocycles. The molecule has 1 unspecified atom stereocenters. The van der Waals surface area contributed by atoms with Crippen LogP contribution in [0.25, 0.3) is 0 Å². The lowest BCUT2D eigenvalue weighted by molar-refractivity contribution is 0.248. The number of rotatable bonds is 8. The lowest BCUT2D eigenvalue weighted by Gasteiger charge is -2.17. The monoisotopic (exact) mass is 415 g/mol. The van der Waals surface area contributed by atoms with E-state index in [1.807, 2.05) is 24.3 Å². The van der Waals surface area contributed by atoms with Crippen LogP contribution in [0.2, 0.25) is 5.02 Å². The molecule has 29 heavy (non-hydrogen) atoms. The number of benzene rings is 2. The van der Waals surface area contributed by atoms with Crippen LogP contribution < -0.4 is 15.4 Å². The summed E-state index contributed by atoms with van der Waals surface area (Å²) in [5, 5.41) is 23.5. The summed E-state index contributed by atoms with van der Waals surface area (Å²) in [7, 11) is 1.61. The van der Waals surface area contributed by atoms with Crippen LogP contribution in [0, 0.1) is 0 Å². The van der Waals surface area contributed by atoms with Crippen LogP contribution in [-0.4, -0.2) is 40.0 Å². The Morgan fingerprint density at radius 3 is 2.55 bits per heavy atom. The number of hydrogen-bond donors (Lipinski definition) is 4. The summed E-state index contributed by atoms with van der Waals surface area (Å²) in [4.78, 5) is 15.6. The molecule has 0 aliphatic carbocycles. The third-order valence-corrected chi connectivity index (χ3v) is 4.49. The van der Waals surface area contributed by atoms with E-state index in [0.29, 0.717) is 35.2 Å². The zero-order chi connectivity index (χ0) is 20.6. The molecule has 0 fully saturated rings. The molecular weight excluding hydrogens is 394 g/mol. The minimum atomic E-state index is -0.448. The van der Waals surface area contributed by atoms with E-state index in [1.54, 1.807) is 31.4 Å². The van der Waals surface area contributed by atoms with Gasteiger partial charge in [0.2, 0.25) is 0 Å². The van der Waals surface area contributed by atoms with E-state index in [-0.39, 0.29) is 12.6 Å². The van der Waals surface area contributed by atoms with Gasteiger partial charge in [-0.2, -0.15) is 0 Å². The standard InChI is InChI=1S/C20H22ClN5O3/c1-29-16-8-2-13(3-9-16)12-17(19-24-18(10-11-27)25-26-19)23-20(28)22-15-6-4-14(21)5-7-15/h2-9,17,27H,10-12H2,1H3,(H2,22,23,28)(H,24,25,26). The fourth-order valence-electron chi connectivity index (χ4n) is 2.76. The fourth-order valence-corrected chi connectivity index (χ4v) is 2.89. The molecule has 3 aromatic rings. The highest BCUT2D eigenvalue weighted by atomic mass is 35.5. The predicted molar refractivity (Wildman–Crippen MR) is 110 cm³/mol. The number of aromatic nitrogens is 3. The van der Waals surface area contributed by atoms with Crippen molar-refractivity contribution >= 4 is 23.3 Å². The SMILES string of the molecule is COc1ccc(CC(NC(=O)Nc2ccc(Cl)cc2)c2nnc(CCO)[nH]2)cc1. The van der Waals surface area contributed by atoms with Crippen molar-refractivity contribution in [2.24, 2.45) is 0 Å². The van der Waals surface area contributed by atoms with Gasteiger partial charge in [-0.25, -0.2) is 4.79 Å². The summed E-state index contributed by atoms with van der Waals surface area (Å²) >= 11 is 5.88. The number of methoxy groups -OCH3 is 1. The molecule has 8 nitrogen and oxygen atoms in total. The van der Waals surface area contributed by atoms with Crippen molar-refractivity contribution in [3.05, 3.63) is 70.8 Å². The van der Waals surface area contributed by atoms with Crippen LogP contribution in [0.1, 0.15) is 23.3 Å². The average molecular weight is 416 g/mol. The Bertz CT molecular complexity index is 928. The first kappa shape index (κ1) is 20.6. The van der Waals surface area contributed by atoms with Gasteiger partial charge >= 0.3 is 6.03 Å². The van der Waals surface area contributed by atoms with E-state index in [1.165, 1.54) is 0 Å². The number of hydrogen-bond acceptors (Lipinski definition) is 5. The number of aromatic amines is 1. The molecule has 4 N–H and O–H groups in total. The maximum atomic E-state index is 12.5. The molecule has 3 rings (SSSR count). The zero-order valence-corrected chi connectivity index (χ0v) is 16.6. The lowest BCUT2D eigenvalue weighted by atomic mass is 10.1. The van der Waals surface area contributed by atoms with Gasteiger partial charge in [0.1, 0.15) is 11.6 Å². The Balaban J connectivity index is 1.75. The molecule has 0 saturated heterocycles.